The first-order chi connectivity index (χ1) is 8.54. The van der Waals surface area contributed by atoms with Gasteiger partial charge in [-0.05, 0) is 18.2 Å². The molecule has 0 saturated heterocycles. The summed E-state index contributed by atoms with van der Waals surface area (Å²) in [6.45, 7) is 0. The van der Waals surface area contributed by atoms with Crippen LogP contribution in [0.4, 0.5) is 5.69 Å². The van der Waals surface area contributed by atoms with Crippen molar-refractivity contribution >= 4 is 29.0 Å². The van der Waals surface area contributed by atoms with Crippen LogP contribution in [-0.2, 0) is 4.79 Å². The number of benzene rings is 1. The van der Waals surface area contributed by atoms with Gasteiger partial charge in [-0.1, -0.05) is 0 Å². The summed E-state index contributed by atoms with van der Waals surface area (Å²) < 4.78 is 0. The van der Waals surface area contributed by atoms with Crippen LogP contribution in [0.2, 0.25) is 0 Å². The molecule has 92 valence electrons. The maximum Gasteiger partial charge on any atom is 0.335 e. The Kier molecular flexibility index (Phi) is 2.72. The van der Waals surface area contributed by atoms with Crippen LogP contribution in [-0.4, -0.2) is 27.6 Å². The smallest absolute Gasteiger partial charge is 0.335 e. The van der Waals surface area contributed by atoms with Crippen molar-refractivity contribution in [3.05, 3.63) is 34.1 Å². The van der Waals surface area contributed by atoms with E-state index in [1.54, 1.807) is 0 Å². The highest BCUT2D eigenvalue weighted by Crippen LogP contribution is 2.28. The third kappa shape index (κ3) is 1.77. The van der Waals surface area contributed by atoms with Crippen molar-refractivity contribution in [3.8, 4) is 5.75 Å². The molecule has 1 heterocycles. The number of pyridine rings is 1. The number of aromatic hydroxyl groups is 1. The van der Waals surface area contributed by atoms with Crippen molar-refractivity contribution in [1.29, 1.82) is 0 Å². The van der Waals surface area contributed by atoms with Crippen LogP contribution >= 0.6 is 0 Å². The predicted octanol–water partition coefficient (Wildman–Crippen LogP) is 0.500. The molecule has 0 saturated carbocycles. The van der Waals surface area contributed by atoms with Crippen LogP contribution in [0.1, 0.15) is 10.4 Å². The van der Waals surface area contributed by atoms with Crippen molar-refractivity contribution in [3.63, 3.8) is 0 Å². The average molecular weight is 248 g/mol. The van der Waals surface area contributed by atoms with Gasteiger partial charge in [-0.25, -0.2) is 4.79 Å². The molecule has 18 heavy (non-hydrogen) atoms. The molecule has 0 atom stereocenters. The third-order valence-electron chi connectivity index (χ3n) is 2.44. The van der Waals surface area contributed by atoms with Crippen molar-refractivity contribution in [2.45, 2.75) is 0 Å². The lowest BCUT2D eigenvalue weighted by Gasteiger charge is -2.06. The third-order valence-corrected chi connectivity index (χ3v) is 2.44. The van der Waals surface area contributed by atoms with Gasteiger partial charge < -0.3 is 20.5 Å². The number of aromatic nitrogens is 1. The first-order valence-corrected chi connectivity index (χ1v) is 4.87. The molecule has 0 aliphatic carbocycles. The van der Waals surface area contributed by atoms with E-state index in [1.807, 2.05) is 0 Å². The molecule has 0 unspecified atom stereocenters. The Morgan fingerprint density at radius 3 is 2.72 bits per heavy atom. The van der Waals surface area contributed by atoms with E-state index in [0.717, 1.165) is 0 Å². The normalized spacial score (nSPS) is 10.2. The van der Waals surface area contributed by atoms with Crippen molar-refractivity contribution in [2.24, 2.45) is 0 Å². The zero-order chi connectivity index (χ0) is 13.3. The minimum absolute atomic E-state index is 0.0198. The number of hydrogen-bond donors (Lipinski definition) is 4. The van der Waals surface area contributed by atoms with Gasteiger partial charge in [0.15, 0.2) is 5.75 Å². The quantitative estimate of drug-likeness (QED) is 0.589. The first-order valence-electron chi connectivity index (χ1n) is 4.87. The molecule has 0 radical (unpaired) electrons. The van der Waals surface area contributed by atoms with E-state index >= 15 is 0 Å². The summed E-state index contributed by atoms with van der Waals surface area (Å²) in [6.07, 6.45) is 0.266. The van der Waals surface area contributed by atoms with Gasteiger partial charge in [0.2, 0.25) is 6.41 Å². The van der Waals surface area contributed by atoms with E-state index in [-0.39, 0.29) is 28.6 Å². The monoisotopic (exact) mass is 248 g/mol. The first kappa shape index (κ1) is 11.6. The highest BCUT2D eigenvalue weighted by Gasteiger charge is 2.12. The fourth-order valence-electron chi connectivity index (χ4n) is 1.61. The van der Waals surface area contributed by atoms with Gasteiger partial charge in [0.25, 0.3) is 5.56 Å². The molecule has 1 amide bonds. The number of H-pyrrole nitrogens is 1. The minimum Gasteiger partial charge on any atom is -0.505 e. The molecule has 7 heteroatoms. The molecule has 1 aromatic carbocycles. The number of carbonyl (C=O) groups is 2. The maximum atomic E-state index is 11.5. The lowest BCUT2D eigenvalue weighted by atomic mass is 10.1. The van der Waals surface area contributed by atoms with E-state index in [9.17, 15) is 19.5 Å². The summed E-state index contributed by atoms with van der Waals surface area (Å²) in [5.74, 6) is -1.55. The number of anilines is 1. The second kappa shape index (κ2) is 4.21. The van der Waals surface area contributed by atoms with Crippen LogP contribution in [0, 0.1) is 0 Å². The van der Waals surface area contributed by atoms with Gasteiger partial charge in [-0.2, -0.15) is 0 Å². The van der Waals surface area contributed by atoms with E-state index in [0.29, 0.717) is 0 Å². The second-order valence-corrected chi connectivity index (χ2v) is 3.51. The number of carboxylic acid groups (broad SMARTS) is 1. The van der Waals surface area contributed by atoms with Crippen LogP contribution in [0.5, 0.6) is 5.75 Å². The SMILES string of the molecule is O=CNc1c(O)c2ccc(C(=O)O)cc2[nH]c1=O. The fourth-order valence-corrected chi connectivity index (χ4v) is 1.61. The molecule has 1 aromatic heterocycles. The summed E-state index contributed by atoms with van der Waals surface area (Å²) in [6, 6.07) is 3.86. The van der Waals surface area contributed by atoms with Crippen molar-refractivity contribution in [2.75, 3.05) is 5.32 Å². The van der Waals surface area contributed by atoms with E-state index in [4.69, 9.17) is 5.11 Å². The summed E-state index contributed by atoms with van der Waals surface area (Å²) in [5, 5.41) is 20.9. The van der Waals surface area contributed by atoms with E-state index in [2.05, 4.69) is 10.3 Å². The number of amides is 1. The Hall–Kier alpha value is -2.83. The zero-order valence-corrected chi connectivity index (χ0v) is 8.93. The van der Waals surface area contributed by atoms with Crippen molar-refractivity contribution in [1.82, 2.24) is 4.98 Å². The number of aromatic carboxylic acids is 1. The Morgan fingerprint density at radius 2 is 2.11 bits per heavy atom. The topological polar surface area (TPSA) is 119 Å². The number of carboxylic acids is 1. The van der Waals surface area contributed by atoms with Crippen molar-refractivity contribution < 1.29 is 19.8 Å². The van der Waals surface area contributed by atoms with Gasteiger partial charge in [-0.3, -0.25) is 9.59 Å². The molecular weight excluding hydrogens is 240 g/mol. The summed E-state index contributed by atoms with van der Waals surface area (Å²) in [5.41, 5.74) is -0.835. The van der Waals surface area contributed by atoms with Gasteiger partial charge in [0, 0.05) is 5.39 Å². The average Bonchev–Trinajstić information content (AvgIpc) is 2.33. The molecule has 7 nitrogen and oxygen atoms in total. The maximum absolute atomic E-state index is 11.5. The molecule has 0 bridgehead atoms. The highest BCUT2D eigenvalue weighted by molar-refractivity contribution is 5.97. The lowest BCUT2D eigenvalue weighted by Crippen LogP contribution is -2.13. The Labute approximate surface area is 99.7 Å². The summed E-state index contributed by atoms with van der Waals surface area (Å²) in [7, 11) is 0. The highest BCUT2D eigenvalue weighted by atomic mass is 16.4. The molecule has 0 aliphatic rings. The van der Waals surface area contributed by atoms with Gasteiger partial charge in [0.05, 0.1) is 11.1 Å². The lowest BCUT2D eigenvalue weighted by molar-refractivity contribution is -0.105. The number of hydrogen-bond acceptors (Lipinski definition) is 4. The number of aromatic amines is 1. The molecule has 0 fully saturated rings. The summed E-state index contributed by atoms with van der Waals surface area (Å²) >= 11 is 0. The molecule has 0 spiro atoms. The molecule has 4 N–H and O–H groups in total. The largest absolute Gasteiger partial charge is 0.505 e. The van der Waals surface area contributed by atoms with Crippen LogP contribution in [0.25, 0.3) is 10.9 Å². The van der Waals surface area contributed by atoms with Gasteiger partial charge in [0.1, 0.15) is 5.69 Å². The predicted molar refractivity (Wildman–Crippen MR) is 62.9 cm³/mol. The Balaban J connectivity index is 2.77. The van der Waals surface area contributed by atoms with Gasteiger partial charge in [-0.15, -0.1) is 0 Å². The van der Waals surface area contributed by atoms with E-state index < -0.39 is 17.3 Å². The molecule has 0 aliphatic heterocycles. The van der Waals surface area contributed by atoms with Crippen LogP contribution in [0.15, 0.2) is 23.0 Å². The number of carbonyl (C=O) groups excluding carboxylic acids is 1. The van der Waals surface area contributed by atoms with Crippen LogP contribution < -0.4 is 10.9 Å². The minimum atomic E-state index is -1.15. The number of nitrogens with one attached hydrogen (secondary N) is 2. The fraction of sp³-hybridized carbons (Fsp3) is 0. The zero-order valence-electron chi connectivity index (χ0n) is 8.93. The standard InChI is InChI=1S/C11H8N2O5/c14-4-12-8-9(15)6-2-1-5(11(17)18)3-7(6)13-10(8)16/h1-4H,(H,12,14)(H,17,18)(H2,13,15,16). The Bertz CT molecular complexity index is 704. The molecular formula is C11H8N2O5. The molecule has 2 aromatic rings. The summed E-state index contributed by atoms with van der Waals surface area (Å²) in [4.78, 5) is 35.0. The Morgan fingerprint density at radius 1 is 1.39 bits per heavy atom. The molecule has 2 rings (SSSR count). The number of fused-ring (bicyclic) bond motifs is 1. The second-order valence-electron chi connectivity index (χ2n) is 3.51. The van der Waals surface area contributed by atoms with E-state index in [1.165, 1.54) is 18.2 Å². The van der Waals surface area contributed by atoms with Crippen LogP contribution in [0.3, 0.4) is 0 Å². The van der Waals surface area contributed by atoms with Gasteiger partial charge >= 0.3 is 5.97 Å². The number of rotatable bonds is 3.